The molecule has 2 aromatic rings. The fraction of sp³-hybridized carbons (Fsp3) is 0.125. The molecule has 78 valence electrons. The van der Waals surface area contributed by atoms with Crippen molar-refractivity contribution in [1.29, 1.82) is 0 Å². The van der Waals surface area contributed by atoms with Crippen molar-refractivity contribution in [2.24, 2.45) is 0 Å². The second-order valence-corrected chi connectivity index (χ2v) is 4.48. The summed E-state index contributed by atoms with van der Waals surface area (Å²) in [4.78, 5) is 19.5. The number of hydrogen-bond acceptors (Lipinski definition) is 6. The number of anilines is 1. The summed E-state index contributed by atoms with van der Waals surface area (Å²) in [6.07, 6.45) is 1.75. The molecule has 0 saturated carbocycles. The van der Waals surface area contributed by atoms with Crippen LogP contribution in [0, 0.1) is 0 Å². The monoisotopic (exact) mass is 241 g/mol. The van der Waals surface area contributed by atoms with Crippen molar-refractivity contribution >= 4 is 33.6 Å². The van der Waals surface area contributed by atoms with Crippen LogP contribution >= 0.6 is 22.7 Å². The van der Waals surface area contributed by atoms with Gasteiger partial charge in [0.1, 0.15) is 5.00 Å². The van der Waals surface area contributed by atoms with Gasteiger partial charge < -0.3 is 10.4 Å². The van der Waals surface area contributed by atoms with Crippen LogP contribution in [0.1, 0.15) is 15.4 Å². The Morgan fingerprint density at radius 2 is 2.33 bits per heavy atom. The Morgan fingerprint density at radius 3 is 3.00 bits per heavy atom. The van der Waals surface area contributed by atoms with Crippen LogP contribution in [-0.2, 0) is 6.54 Å². The molecule has 2 heterocycles. The number of rotatable bonds is 4. The van der Waals surface area contributed by atoms with Crippen molar-refractivity contribution in [2.45, 2.75) is 6.54 Å². The van der Waals surface area contributed by atoms with Crippen molar-refractivity contribution in [3.63, 3.8) is 0 Å². The van der Waals surface area contributed by atoms with Crippen molar-refractivity contribution in [2.75, 3.05) is 5.32 Å². The van der Waals surface area contributed by atoms with Gasteiger partial charge in [0.05, 0.1) is 17.6 Å². The predicted molar refractivity (Wildman–Crippen MR) is 58.5 cm³/mol. The first-order valence-corrected chi connectivity index (χ1v) is 5.81. The normalized spacial score (nSPS) is 10.1. The van der Waals surface area contributed by atoms with E-state index < -0.39 is 5.97 Å². The Bertz CT molecular complexity index is 452. The summed E-state index contributed by atoms with van der Waals surface area (Å²) >= 11 is 2.80. The Morgan fingerprint density at radius 1 is 1.47 bits per heavy atom. The first-order valence-electron chi connectivity index (χ1n) is 4.05. The molecule has 0 spiro atoms. The number of carboxylic acids is 1. The predicted octanol–water partition coefficient (Wildman–Crippen LogP) is 1.91. The number of carboxylic acid groups (broad SMARTS) is 1. The number of thiazole rings is 2. The number of aromatic nitrogens is 2. The molecule has 0 amide bonds. The second-order valence-electron chi connectivity index (χ2n) is 2.66. The Kier molecular flexibility index (Phi) is 2.93. The van der Waals surface area contributed by atoms with E-state index in [0.29, 0.717) is 11.5 Å². The molecule has 0 aliphatic heterocycles. The fourth-order valence-corrected chi connectivity index (χ4v) is 2.23. The zero-order valence-corrected chi connectivity index (χ0v) is 9.14. The fourth-order valence-electron chi connectivity index (χ4n) is 1.02. The van der Waals surface area contributed by atoms with Crippen LogP contribution in [0.25, 0.3) is 0 Å². The quantitative estimate of drug-likeness (QED) is 0.855. The average Bonchev–Trinajstić information content (AvgIpc) is 2.86. The Balaban J connectivity index is 2.05. The molecule has 0 atom stereocenters. The molecule has 0 bridgehead atoms. The third-order valence-electron chi connectivity index (χ3n) is 1.68. The molecule has 0 radical (unpaired) electrons. The molecule has 0 saturated heterocycles. The summed E-state index contributed by atoms with van der Waals surface area (Å²) in [5.41, 5.74) is 3.32. The third-order valence-corrected chi connectivity index (χ3v) is 3.24. The van der Waals surface area contributed by atoms with Gasteiger partial charge in [-0.15, -0.1) is 22.7 Å². The maximum atomic E-state index is 10.7. The standard InChI is InChI=1S/C8H7N3O2S2/c12-8(13)6-7(15-4-11-6)10-2-5-1-9-3-14-5/h1,3-4,10H,2H2,(H,12,13). The molecule has 0 aliphatic rings. The van der Waals surface area contributed by atoms with Gasteiger partial charge in [0.2, 0.25) is 0 Å². The molecule has 7 heteroatoms. The van der Waals surface area contributed by atoms with Gasteiger partial charge in [-0.3, -0.25) is 4.98 Å². The summed E-state index contributed by atoms with van der Waals surface area (Å²) in [6.45, 7) is 0.577. The van der Waals surface area contributed by atoms with E-state index in [9.17, 15) is 4.79 Å². The summed E-state index contributed by atoms with van der Waals surface area (Å²) in [5.74, 6) is -1.01. The number of hydrogen-bond donors (Lipinski definition) is 2. The zero-order chi connectivity index (χ0) is 10.7. The highest BCUT2D eigenvalue weighted by Crippen LogP contribution is 2.21. The lowest BCUT2D eigenvalue weighted by Crippen LogP contribution is -2.03. The van der Waals surface area contributed by atoms with Crippen LogP contribution in [0.15, 0.2) is 17.2 Å². The number of nitrogens with one attached hydrogen (secondary N) is 1. The third kappa shape index (κ3) is 2.31. The smallest absolute Gasteiger partial charge is 0.357 e. The molecule has 0 unspecified atom stereocenters. The summed E-state index contributed by atoms with van der Waals surface area (Å²) < 4.78 is 0. The van der Waals surface area contributed by atoms with E-state index in [4.69, 9.17) is 5.11 Å². The molecular formula is C8H7N3O2S2. The van der Waals surface area contributed by atoms with E-state index in [2.05, 4.69) is 15.3 Å². The van der Waals surface area contributed by atoms with E-state index >= 15 is 0 Å². The molecule has 0 aromatic carbocycles. The van der Waals surface area contributed by atoms with Crippen LogP contribution in [-0.4, -0.2) is 21.0 Å². The average molecular weight is 241 g/mol. The second kappa shape index (κ2) is 4.37. The van der Waals surface area contributed by atoms with Crippen molar-refractivity contribution in [3.8, 4) is 0 Å². The molecule has 2 aromatic heterocycles. The molecule has 2 rings (SSSR count). The maximum Gasteiger partial charge on any atom is 0.357 e. The largest absolute Gasteiger partial charge is 0.476 e. The van der Waals surface area contributed by atoms with Gasteiger partial charge in [-0.25, -0.2) is 9.78 Å². The van der Waals surface area contributed by atoms with Crippen LogP contribution in [0.5, 0.6) is 0 Å². The van der Waals surface area contributed by atoms with Gasteiger partial charge in [0.15, 0.2) is 5.69 Å². The topological polar surface area (TPSA) is 75.1 Å². The molecule has 2 N–H and O–H groups in total. The van der Waals surface area contributed by atoms with E-state index in [0.717, 1.165) is 4.88 Å². The summed E-state index contributed by atoms with van der Waals surface area (Å²) in [6, 6.07) is 0. The van der Waals surface area contributed by atoms with Gasteiger partial charge in [0, 0.05) is 11.1 Å². The lowest BCUT2D eigenvalue weighted by Gasteiger charge is -2.01. The molecule has 5 nitrogen and oxygen atoms in total. The lowest BCUT2D eigenvalue weighted by molar-refractivity contribution is 0.0692. The van der Waals surface area contributed by atoms with E-state index in [1.54, 1.807) is 11.7 Å². The van der Waals surface area contributed by atoms with Crippen LogP contribution < -0.4 is 5.32 Å². The first kappa shape index (κ1) is 10.1. The number of carbonyl (C=O) groups is 1. The van der Waals surface area contributed by atoms with Crippen LogP contribution in [0.2, 0.25) is 0 Å². The van der Waals surface area contributed by atoms with Gasteiger partial charge in [0.25, 0.3) is 0 Å². The number of nitrogens with zero attached hydrogens (tertiary/aromatic N) is 2. The maximum absolute atomic E-state index is 10.7. The van der Waals surface area contributed by atoms with E-state index in [1.807, 2.05) is 0 Å². The molecular weight excluding hydrogens is 234 g/mol. The minimum absolute atomic E-state index is 0.0736. The highest BCUT2D eigenvalue weighted by molar-refractivity contribution is 7.14. The minimum Gasteiger partial charge on any atom is -0.476 e. The Hall–Kier alpha value is -1.47. The minimum atomic E-state index is -1.01. The molecule has 0 fully saturated rings. The van der Waals surface area contributed by atoms with E-state index in [-0.39, 0.29) is 5.69 Å². The summed E-state index contributed by atoms with van der Waals surface area (Å²) in [5, 5.41) is 12.4. The number of aromatic carboxylic acids is 1. The van der Waals surface area contributed by atoms with Crippen molar-refractivity contribution in [1.82, 2.24) is 9.97 Å². The zero-order valence-electron chi connectivity index (χ0n) is 7.51. The molecule has 0 aliphatic carbocycles. The Labute approximate surface area is 93.4 Å². The van der Waals surface area contributed by atoms with Crippen LogP contribution in [0.4, 0.5) is 5.00 Å². The molecule has 15 heavy (non-hydrogen) atoms. The van der Waals surface area contributed by atoms with Crippen molar-refractivity contribution < 1.29 is 9.90 Å². The van der Waals surface area contributed by atoms with Gasteiger partial charge in [-0.2, -0.15) is 0 Å². The van der Waals surface area contributed by atoms with Crippen molar-refractivity contribution in [3.05, 3.63) is 27.8 Å². The first-order chi connectivity index (χ1) is 7.27. The highest BCUT2D eigenvalue weighted by atomic mass is 32.1. The van der Waals surface area contributed by atoms with Gasteiger partial charge in [-0.05, 0) is 0 Å². The summed E-state index contributed by atoms with van der Waals surface area (Å²) in [7, 11) is 0. The van der Waals surface area contributed by atoms with E-state index in [1.165, 1.54) is 28.2 Å². The van der Waals surface area contributed by atoms with Crippen LogP contribution in [0.3, 0.4) is 0 Å². The lowest BCUT2D eigenvalue weighted by atomic mass is 10.4. The van der Waals surface area contributed by atoms with Gasteiger partial charge in [-0.1, -0.05) is 0 Å². The van der Waals surface area contributed by atoms with Gasteiger partial charge >= 0.3 is 5.97 Å². The SMILES string of the molecule is O=C(O)c1ncsc1NCc1cncs1. The highest BCUT2D eigenvalue weighted by Gasteiger charge is 2.12.